The molecule has 0 aliphatic heterocycles. The Morgan fingerprint density at radius 3 is 2.74 bits per heavy atom. The summed E-state index contributed by atoms with van der Waals surface area (Å²) in [6, 6.07) is 10.4. The van der Waals surface area contributed by atoms with Gasteiger partial charge >= 0.3 is 5.63 Å². The molecule has 0 aliphatic rings. The smallest absolute Gasteiger partial charge is 0.343 e. The Hall–Kier alpha value is -2.46. The number of benzene rings is 2. The summed E-state index contributed by atoms with van der Waals surface area (Å²) < 4.78 is 10.7. The molecule has 1 aromatic heterocycles. The van der Waals surface area contributed by atoms with Crippen LogP contribution in [-0.2, 0) is 6.42 Å². The second-order valence-electron chi connectivity index (χ2n) is 5.30. The maximum absolute atomic E-state index is 12.2. The van der Waals surface area contributed by atoms with Crippen molar-refractivity contribution in [3.8, 4) is 11.5 Å². The Morgan fingerprint density at radius 2 is 2.00 bits per heavy atom. The fourth-order valence-corrected chi connectivity index (χ4v) is 3.04. The molecule has 0 amide bonds. The van der Waals surface area contributed by atoms with Crippen molar-refractivity contribution in [3.05, 3.63) is 68.5 Å². The molecule has 0 saturated heterocycles. The minimum Gasteiger partial charge on any atom is -0.507 e. The van der Waals surface area contributed by atoms with Crippen molar-refractivity contribution in [3.63, 3.8) is 0 Å². The standard InChI is InChI=1S/C18H15ClO4/c1-10-7-12(19)8-11(17(10)22-2)9-14-16(20)13-5-3-4-6-15(13)23-18(14)21/h3-8,20H,9H2,1-2H3. The van der Waals surface area contributed by atoms with E-state index in [4.69, 9.17) is 20.8 Å². The third kappa shape index (κ3) is 2.78. The van der Waals surface area contributed by atoms with Crippen LogP contribution >= 0.6 is 11.6 Å². The highest BCUT2D eigenvalue weighted by Crippen LogP contribution is 2.32. The lowest BCUT2D eigenvalue weighted by molar-refractivity contribution is 0.406. The highest BCUT2D eigenvalue weighted by Gasteiger charge is 2.17. The molecule has 118 valence electrons. The van der Waals surface area contributed by atoms with Crippen molar-refractivity contribution in [1.82, 2.24) is 0 Å². The number of aryl methyl sites for hydroxylation is 1. The molecule has 1 heterocycles. The number of ether oxygens (including phenoxy) is 1. The largest absolute Gasteiger partial charge is 0.507 e. The van der Waals surface area contributed by atoms with Gasteiger partial charge in [0.05, 0.1) is 18.1 Å². The summed E-state index contributed by atoms with van der Waals surface area (Å²) >= 11 is 6.10. The molecule has 2 aromatic carbocycles. The average Bonchev–Trinajstić information content (AvgIpc) is 2.51. The number of aromatic hydroxyl groups is 1. The van der Waals surface area contributed by atoms with Crippen LogP contribution in [-0.4, -0.2) is 12.2 Å². The highest BCUT2D eigenvalue weighted by atomic mass is 35.5. The van der Waals surface area contributed by atoms with Crippen molar-refractivity contribution in [2.24, 2.45) is 0 Å². The first-order valence-corrected chi connectivity index (χ1v) is 7.45. The van der Waals surface area contributed by atoms with Crippen LogP contribution in [0, 0.1) is 6.92 Å². The Kier molecular flexibility index (Phi) is 4.01. The predicted octanol–water partition coefficient (Wildman–Crippen LogP) is 4.06. The van der Waals surface area contributed by atoms with E-state index in [0.29, 0.717) is 21.7 Å². The van der Waals surface area contributed by atoms with E-state index in [-0.39, 0.29) is 17.7 Å². The zero-order chi connectivity index (χ0) is 16.6. The SMILES string of the molecule is COc1c(C)cc(Cl)cc1Cc1c(O)c2ccccc2oc1=O. The molecular weight excluding hydrogens is 316 g/mol. The van der Waals surface area contributed by atoms with Crippen LogP contribution in [0.1, 0.15) is 16.7 Å². The van der Waals surface area contributed by atoms with Gasteiger partial charge in [-0.05, 0) is 36.8 Å². The molecule has 23 heavy (non-hydrogen) atoms. The van der Waals surface area contributed by atoms with Crippen molar-refractivity contribution >= 4 is 22.6 Å². The van der Waals surface area contributed by atoms with Crippen LogP contribution in [0.15, 0.2) is 45.6 Å². The molecular formula is C18H15ClO4. The summed E-state index contributed by atoms with van der Waals surface area (Å²) in [7, 11) is 1.56. The van der Waals surface area contributed by atoms with Crippen LogP contribution in [0.3, 0.4) is 0 Å². The van der Waals surface area contributed by atoms with E-state index in [1.54, 1.807) is 43.5 Å². The summed E-state index contributed by atoms with van der Waals surface area (Å²) in [5.74, 6) is 0.567. The van der Waals surface area contributed by atoms with E-state index < -0.39 is 5.63 Å². The minimum atomic E-state index is -0.569. The van der Waals surface area contributed by atoms with Crippen molar-refractivity contribution in [2.45, 2.75) is 13.3 Å². The zero-order valence-electron chi connectivity index (χ0n) is 12.7. The van der Waals surface area contributed by atoms with Gasteiger partial charge in [0.2, 0.25) is 0 Å². The van der Waals surface area contributed by atoms with E-state index in [2.05, 4.69) is 0 Å². The molecule has 3 rings (SSSR count). The van der Waals surface area contributed by atoms with Crippen molar-refractivity contribution in [2.75, 3.05) is 7.11 Å². The molecule has 0 aliphatic carbocycles. The first kappa shape index (κ1) is 15.4. The van der Waals surface area contributed by atoms with Crippen LogP contribution in [0.5, 0.6) is 11.5 Å². The maximum atomic E-state index is 12.2. The Balaban J connectivity index is 2.18. The molecule has 0 atom stereocenters. The number of hydrogen-bond donors (Lipinski definition) is 1. The third-order valence-corrected chi connectivity index (χ3v) is 3.98. The van der Waals surface area contributed by atoms with Gasteiger partial charge in [0.1, 0.15) is 17.1 Å². The van der Waals surface area contributed by atoms with Gasteiger partial charge in [-0.3, -0.25) is 0 Å². The second kappa shape index (κ2) is 5.97. The number of para-hydroxylation sites is 1. The van der Waals surface area contributed by atoms with Gasteiger partial charge in [0, 0.05) is 17.0 Å². The molecule has 4 nitrogen and oxygen atoms in total. The van der Waals surface area contributed by atoms with Crippen molar-refractivity contribution < 1.29 is 14.3 Å². The summed E-state index contributed by atoms with van der Waals surface area (Å²) in [5, 5.41) is 11.5. The molecule has 0 fully saturated rings. The van der Waals surface area contributed by atoms with Crippen molar-refractivity contribution in [1.29, 1.82) is 0 Å². The van der Waals surface area contributed by atoms with E-state index >= 15 is 0 Å². The minimum absolute atomic E-state index is 0.0727. The summed E-state index contributed by atoms with van der Waals surface area (Å²) in [6.07, 6.45) is 0.170. The van der Waals surface area contributed by atoms with E-state index in [1.807, 2.05) is 6.92 Å². The van der Waals surface area contributed by atoms with Crippen LogP contribution < -0.4 is 10.4 Å². The zero-order valence-corrected chi connectivity index (χ0v) is 13.5. The lowest BCUT2D eigenvalue weighted by atomic mass is 10.0. The Bertz CT molecular complexity index is 944. The molecule has 0 spiro atoms. The number of hydrogen-bond acceptors (Lipinski definition) is 4. The normalized spacial score (nSPS) is 10.9. The number of fused-ring (bicyclic) bond motifs is 1. The highest BCUT2D eigenvalue weighted by molar-refractivity contribution is 6.30. The van der Waals surface area contributed by atoms with Crippen LogP contribution in [0.4, 0.5) is 0 Å². The van der Waals surface area contributed by atoms with Gasteiger partial charge in [0.25, 0.3) is 0 Å². The first-order chi connectivity index (χ1) is 11.0. The Labute approximate surface area is 137 Å². The number of rotatable bonds is 3. The van der Waals surface area contributed by atoms with Crippen LogP contribution in [0.2, 0.25) is 5.02 Å². The van der Waals surface area contributed by atoms with E-state index in [1.165, 1.54) is 0 Å². The van der Waals surface area contributed by atoms with Gasteiger partial charge in [-0.2, -0.15) is 0 Å². The molecule has 1 N–H and O–H groups in total. The predicted molar refractivity (Wildman–Crippen MR) is 89.7 cm³/mol. The second-order valence-corrected chi connectivity index (χ2v) is 5.74. The van der Waals surface area contributed by atoms with Gasteiger partial charge in [-0.25, -0.2) is 4.79 Å². The molecule has 3 aromatic rings. The summed E-state index contributed by atoms with van der Waals surface area (Å²) in [6.45, 7) is 1.87. The fraction of sp³-hybridized carbons (Fsp3) is 0.167. The van der Waals surface area contributed by atoms with E-state index in [9.17, 15) is 9.90 Å². The Morgan fingerprint density at radius 1 is 1.26 bits per heavy atom. The molecule has 5 heteroatoms. The number of halogens is 1. The molecule has 0 saturated carbocycles. The summed E-state index contributed by atoms with van der Waals surface area (Å²) in [5.41, 5.74) is 1.55. The first-order valence-electron chi connectivity index (χ1n) is 7.08. The van der Waals surface area contributed by atoms with Gasteiger partial charge in [-0.15, -0.1) is 0 Å². The van der Waals surface area contributed by atoms with Gasteiger partial charge in [0.15, 0.2) is 0 Å². The maximum Gasteiger partial charge on any atom is 0.343 e. The topological polar surface area (TPSA) is 59.7 Å². The van der Waals surface area contributed by atoms with Crippen LogP contribution in [0.25, 0.3) is 11.0 Å². The summed E-state index contributed by atoms with van der Waals surface area (Å²) in [4.78, 5) is 12.2. The molecule has 0 radical (unpaired) electrons. The molecule has 0 unspecified atom stereocenters. The number of methoxy groups -OCH3 is 1. The molecule has 0 bridgehead atoms. The average molecular weight is 331 g/mol. The monoisotopic (exact) mass is 330 g/mol. The lowest BCUT2D eigenvalue weighted by Gasteiger charge is -2.13. The van der Waals surface area contributed by atoms with Gasteiger partial charge in [-0.1, -0.05) is 23.7 Å². The fourth-order valence-electron chi connectivity index (χ4n) is 2.74. The van der Waals surface area contributed by atoms with Gasteiger partial charge < -0.3 is 14.3 Å². The quantitative estimate of drug-likeness (QED) is 0.736. The third-order valence-electron chi connectivity index (χ3n) is 3.76. The van der Waals surface area contributed by atoms with E-state index in [0.717, 1.165) is 11.1 Å². The lowest BCUT2D eigenvalue weighted by Crippen LogP contribution is -2.09.